The van der Waals surface area contributed by atoms with Crippen molar-refractivity contribution in [3.8, 4) is 11.3 Å². The Hall–Kier alpha value is -3.96. The van der Waals surface area contributed by atoms with Crippen molar-refractivity contribution >= 4 is 27.8 Å². The summed E-state index contributed by atoms with van der Waals surface area (Å²) in [6.07, 6.45) is 4.31. The zero-order valence-electron chi connectivity index (χ0n) is 18.3. The number of likely N-dealkylation sites (tertiary alicyclic amines) is 1. The number of pyridine rings is 3. The van der Waals surface area contributed by atoms with Crippen molar-refractivity contribution in [2.45, 2.75) is 25.5 Å². The number of nitrogens with two attached hydrogens (primary N) is 1. The average molecular weight is 461 g/mol. The molecule has 1 aliphatic heterocycles. The van der Waals surface area contributed by atoms with E-state index in [1.807, 2.05) is 4.90 Å². The van der Waals surface area contributed by atoms with Crippen LogP contribution in [0, 0.1) is 0 Å². The topological polar surface area (TPSA) is 160 Å². The van der Waals surface area contributed by atoms with E-state index in [0.717, 1.165) is 5.56 Å². The standard InChI is InChI=1S/C23H23N7O4/c24-19(32)11-29-7-5-15(6-8-29)30-21-16(22(33)28-23(30)34)10-26-18-4-3-17(27-20(18)21)13-1-2-14(12-31)25-9-13/h1-4,9-10,15,31H,5-8,11-12H2,(H2,24,32)(H,28,33,34). The minimum Gasteiger partial charge on any atom is -0.390 e. The number of piperidine rings is 1. The summed E-state index contributed by atoms with van der Waals surface area (Å²) in [4.78, 5) is 54.7. The minimum atomic E-state index is -0.516. The lowest BCUT2D eigenvalue weighted by Gasteiger charge is -2.32. The molecule has 0 atom stereocenters. The van der Waals surface area contributed by atoms with E-state index in [1.165, 1.54) is 6.20 Å². The molecular weight excluding hydrogens is 438 g/mol. The Morgan fingerprint density at radius 2 is 1.91 bits per heavy atom. The van der Waals surface area contributed by atoms with Gasteiger partial charge in [-0.2, -0.15) is 0 Å². The number of carbonyl (C=O) groups excluding carboxylic acids is 1. The number of aromatic nitrogens is 5. The van der Waals surface area contributed by atoms with Crippen LogP contribution in [0.2, 0.25) is 0 Å². The van der Waals surface area contributed by atoms with Crippen molar-refractivity contribution in [3.63, 3.8) is 0 Å². The maximum atomic E-state index is 13.0. The molecule has 1 saturated heterocycles. The molecule has 0 unspecified atom stereocenters. The molecule has 0 bridgehead atoms. The van der Waals surface area contributed by atoms with Crippen LogP contribution < -0.4 is 17.0 Å². The fourth-order valence-corrected chi connectivity index (χ4v) is 4.52. The van der Waals surface area contributed by atoms with E-state index in [4.69, 9.17) is 10.7 Å². The van der Waals surface area contributed by atoms with Crippen molar-refractivity contribution in [2.75, 3.05) is 19.6 Å². The molecule has 0 aliphatic carbocycles. The van der Waals surface area contributed by atoms with Gasteiger partial charge in [-0.3, -0.25) is 34.0 Å². The Kier molecular flexibility index (Phi) is 5.64. The number of aromatic amines is 1. The molecule has 0 spiro atoms. The average Bonchev–Trinajstić information content (AvgIpc) is 2.84. The first-order valence-corrected chi connectivity index (χ1v) is 11.0. The SMILES string of the molecule is NC(=O)CN1CCC(n2c(=O)[nH]c(=O)c3cnc4ccc(-c5ccc(CO)nc5)nc4c32)CC1. The maximum absolute atomic E-state index is 13.0. The molecule has 4 aromatic rings. The van der Waals surface area contributed by atoms with Gasteiger partial charge in [0, 0.05) is 37.1 Å². The molecule has 11 heteroatoms. The molecule has 4 N–H and O–H groups in total. The molecule has 1 fully saturated rings. The van der Waals surface area contributed by atoms with Crippen LogP contribution in [-0.4, -0.2) is 60.1 Å². The van der Waals surface area contributed by atoms with Crippen molar-refractivity contribution in [2.24, 2.45) is 5.73 Å². The molecule has 1 amide bonds. The lowest BCUT2D eigenvalue weighted by molar-refractivity contribution is -0.119. The van der Waals surface area contributed by atoms with Crippen LogP contribution in [0.5, 0.6) is 0 Å². The van der Waals surface area contributed by atoms with Crippen LogP contribution in [-0.2, 0) is 11.4 Å². The lowest BCUT2D eigenvalue weighted by atomic mass is 10.0. The highest BCUT2D eigenvalue weighted by atomic mass is 16.3. The van der Waals surface area contributed by atoms with Gasteiger partial charge in [-0.1, -0.05) is 0 Å². The quantitative estimate of drug-likeness (QED) is 0.358. The third-order valence-electron chi connectivity index (χ3n) is 6.20. The summed E-state index contributed by atoms with van der Waals surface area (Å²) in [7, 11) is 0. The van der Waals surface area contributed by atoms with Crippen LogP contribution in [0.4, 0.5) is 0 Å². The number of hydrogen-bond donors (Lipinski definition) is 3. The third-order valence-corrected chi connectivity index (χ3v) is 6.20. The first-order valence-electron chi connectivity index (χ1n) is 11.0. The van der Waals surface area contributed by atoms with Gasteiger partial charge in [0.05, 0.1) is 41.0 Å². The van der Waals surface area contributed by atoms with E-state index >= 15 is 0 Å². The number of nitrogens with zero attached hydrogens (tertiary/aromatic N) is 5. The largest absolute Gasteiger partial charge is 0.390 e. The van der Waals surface area contributed by atoms with Gasteiger partial charge >= 0.3 is 5.69 Å². The van der Waals surface area contributed by atoms with Gasteiger partial charge in [-0.05, 0) is 37.1 Å². The van der Waals surface area contributed by atoms with Gasteiger partial charge < -0.3 is 10.8 Å². The van der Waals surface area contributed by atoms with Crippen LogP contribution in [0.25, 0.3) is 33.2 Å². The second-order valence-electron chi connectivity index (χ2n) is 8.38. The molecule has 0 saturated carbocycles. The Bertz CT molecular complexity index is 1500. The van der Waals surface area contributed by atoms with Crippen molar-refractivity contribution in [1.29, 1.82) is 0 Å². The molecule has 174 valence electrons. The van der Waals surface area contributed by atoms with Crippen molar-refractivity contribution < 1.29 is 9.90 Å². The Labute approximate surface area is 192 Å². The van der Waals surface area contributed by atoms with Gasteiger partial charge in [0.2, 0.25) is 5.91 Å². The summed E-state index contributed by atoms with van der Waals surface area (Å²) in [5.74, 6) is -0.389. The normalized spacial score (nSPS) is 15.2. The number of aliphatic hydroxyl groups excluding tert-OH is 1. The summed E-state index contributed by atoms with van der Waals surface area (Å²) < 4.78 is 1.60. The second-order valence-corrected chi connectivity index (χ2v) is 8.38. The predicted octanol–water partition coefficient (Wildman–Crippen LogP) is 0.310. The number of primary amides is 1. The first-order chi connectivity index (χ1) is 16.4. The lowest BCUT2D eigenvalue weighted by Crippen LogP contribution is -2.42. The Balaban J connectivity index is 1.66. The summed E-state index contributed by atoms with van der Waals surface area (Å²) in [6, 6.07) is 6.93. The number of rotatable bonds is 5. The molecule has 34 heavy (non-hydrogen) atoms. The Morgan fingerprint density at radius 1 is 1.12 bits per heavy atom. The molecule has 4 aromatic heterocycles. The van der Waals surface area contributed by atoms with Gasteiger partial charge in [0.1, 0.15) is 5.52 Å². The number of H-pyrrole nitrogens is 1. The van der Waals surface area contributed by atoms with E-state index in [9.17, 15) is 19.5 Å². The van der Waals surface area contributed by atoms with E-state index < -0.39 is 11.2 Å². The number of nitrogens with one attached hydrogen (secondary N) is 1. The zero-order valence-corrected chi connectivity index (χ0v) is 18.3. The molecule has 5 rings (SSSR count). The number of fused-ring (bicyclic) bond motifs is 3. The minimum absolute atomic E-state index is 0.159. The smallest absolute Gasteiger partial charge is 0.329 e. The van der Waals surface area contributed by atoms with Gasteiger partial charge in [-0.25, -0.2) is 9.78 Å². The predicted molar refractivity (Wildman–Crippen MR) is 125 cm³/mol. The van der Waals surface area contributed by atoms with Crippen LogP contribution in [0.3, 0.4) is 0 Å². The van der Waals surface area contributed by atoms with E-state index in [2.05, 4.69) is 15.0 Å². The zero-order chi connectivity index (χ0) is 23.8. The summed E-state index contributed by atoms with van der Waals surface area (Å²) >= 11 is 0. The second kappa shape index (κ2) is 8.76. The van der Waals surface area contributed by atoms with Gasteiger partial charge in [-0.15, -0.1) is 0 Å². The monoisotopic (exact) mass is 461 g/mol. The highest BCUT2D eigenvalue weighted by Gasteiger charge is 2.25. The summed E-state index contributed by atoms with van der Waals surface area (Å²) in [5.41, 5.74) is 7.62. The van der Waals surface area contributed by atoms with Crippen LogP contribution in [0.15, 0.2) is 46.2 Å². The third kappa shape index (κ3) is 3.95. The molecule has 1 aliphatic rings. The fourth-order valence-electron chi connectivity index (χ4n) is 4.52. The highest BCUT2D eigenvalue weighted by molar-refractivity contribution is 6.01. The molecule has 5 heterocycles. The van der Waals surface area contributed by atoms with Crippen molar-refractivity contribution in [1.82, 2.24) is 29.4 Å². The summed E-state index contributed by atoms with van der Waals surface area (Å²) in [6.45, 7) is 1.22. The van der Waals surface area contributed by atoms with Crippen LogP contribution >= 0.6 is 0 Å². The molecule has 0 aromatic carbocycles. The fraction of sp³-hybridized carbons (Fsp3) is 0.304. The number of carbonyl (C=O) groups is 1. The highest BCUT2D eigenvalue weighted by Crippen LogP contribution is 2.28. The first kappa shape index (κ1) is 21.9. The number of hydrogen-bond acceptors (Lipinski definition) is 8. The number of amides is 1. The van der Waals surface area contributed by atoms with E-state index in [-0.39, 0.29) is 30.5 Å². The maximum Gasteiger partial charge on any atom is 0.329 e. The van der Waals surface area contributed by atoms with Gasteiger partial charge in [0.15, 0.2) is 0 Å². The Morgan fingerprint density at radius 3 is 2.59 bits per heavy atom. The van der Waals surface area contributed by atoms with E-state index in [0.29, 0.717) is 53.9 Å². The molecule has 11 nitrogen and oxygen atoms in total. The van der Waals surface area contributed by atoms with E-state index in [1.54, 1.807) is 35.0 Å². The number of aliphatic hydroxyl groups is 1. The van der Waals surface area contributed by atoms with Gasteiger partial charge in [0.25, 0.3) is 5.56 Å². The molecular formula is C23H23N7O4. The molecule has 0 radical (unpaired) electrons. The van der Waals surface area contributed by atoms with Crippen molar-refractivity contribution in [3.05, 3.63) is 63.2 Å². The van der Waals surface area contributed by atoms with Crippen LogP contribution in [0.1, 0.15) is 24.6 Å². The summed E-state index contributed by atoms with van der Waals surface area (Å²) in [5, 5.41) is 9.53.